The van der Waals surface area contributed by atoms with Crippen LogP contribution in [0.25, 0.3) is 0 Å². The summed E-state index contributed by atoms with van der Waals surface area (Å²) in [7, 11) is 0. The predicted molar refractivity (Wildman–Crippen MR) is 91.3 cm³/mol. The van der Waals surface area contributed by atoms with Gasteiger partial charge in [-0.05, 0) is 44.4 Å². The largest absolute Gasteiger partial charge is 0.355 e. The number of anilines is 1. The molecule has 2 N–H and O–H groups in total. The summed E-state index contributed by atoms with van der Waals surface area (Å²) in [4.78, 5) is 14.3. The highest BCUT2D eigenvalue weighted by molar-refractivity contribution is 5.92. The number of amides is 1. The van der Waals surface area contributed by atoms with Crippen LogP contribution in [0, 0.1) is 0 Å². The smallest absolute Gasteiger partial charge is 0.272 e. The molecular formula is C14H23Cl2N5O. The van der Waals surface area contributed by atoms with Crippen molar-refractivity contribution in [2.24, 2.45) is 0 Å². The molecule has 0 aliphatic carbocycles. The molecule has 1 aromatic heterocycles. The van der Waals surface area contributed by atoms with Gasteiger partial charge in [0.15, 0.2) is 11.5 Å². The molecule has 0 aromatic carbocycles. The van der Waals surface area contributed by atoms with E-state index in [0.717, 1.165) is 44.8 Å². The molecule has 1 atom stereocenters. The van der Waals surface area contributed by atoms with Crippen molar-refractivity contribution in [1.82, 2.24) is 20.8 Å². The van der Waals surface area contributed by atoms with Gasteiger partial charge in [-0.25, -0.2) is 0 Å². The van der Waals surface area contributed by atoms with Crippen LogP contribution in [0.2, 0.25) is 0 Å². The molecule has 22 heavy (non-hydrogen) atoms. The molecule has 8 heteroatoms. The zero-order valence-corrected chi connectivity index (χ0v) is 14.1. The number of halogens is 2. The SMILES string of the molecule is Cl.Cl.O=C(NC1CCCNC1)c1ccc(N2CCCC2)nn1. The van der Waals surface area contributed by atoms with E-state index in [2.05, 4.69) is 25.7 Å². The van der Waals surface area contributed by atoms with Crippen LogP contribution >= 0.6 is 24.8 Å². The van der Waals surface area contributed by atoms with Gasteiger partial charge in [-0.15, -0.1) is 35.0 Å². The molecule has 1 amide bonds. The number of aromatic nitrogens is 2. The maximum absolute atomic E-state index is 12.1. The van der Waals surface area contributed by atoms with Crippen LogP contribution in [0.3, 0.4) is 0 Å². The fraction of sp³-hybridized carbons (Fsp3) is 0.643. The van der Waals surface area contributed by atoms with Crippen molar-refractivity contribution in [3.8, 4) is 0 Å². The standard InChI is InChI=1S/C14H21N5O.2ClH/c20-14(16-11-4-3-7-15-10-11)12-5-6-13(18-17-12)19-8-1-2-9-19;;/h5-6,11,15H,1-4,7-10H2,(H,16,20);2*1H. The Bertz CT molecular complexity index is 459. The number of piperidine rings is 1. The lowest BCUT2D eigenvalue weighted by Gasteiger charge is -2.23. The molecule has 1 aromatic rings. The Morgan fingerprint density at radius 3 is 2.55 bits per heavy atom. The Morgan fingerprint density at radius 2 is 1.95 bits per heavy atom. The van der Waals surface area contributed by atoms with Gasteiger partial charge in [0.05, 0.1) is 0 Å². The van der Waals surface area contributed by atoms with Crippen molar-refractivity contribution in [2.75, 3.05) is 31.1 Å². The van der Waals surface area contributed by atoms with Crippen molar-refractivity contribution in [1.29, 1.82) is 0 Å². The van der Waals surface area contributed by atoms with Crippen LogP contribution in [0.4, 0.5) is 5.82 Å². The zero-order valence-electron chi connectivity index (χ0n) is 12.5. The van der Waals surface area contributed by atoms with E-state index in [1.54, 1.807) is 6.07 Å². The van der Waals surface area contributed by atoms with E-state index in [1.165, 1.54) is 12.8 Å². The van der Waals surface area contributed by atoms with Crippen LogP contribution in [0.1, 0.15) is 36.2 Å². The van der Waals surface area contributed by atoms with E-state index in [9.17, 15) is 4.79 Å². The Balaban J connectivity index is 0.00000121. The molecule has 2 aliphatic rings. The number of carbonyl (C=O) groups excluding carboxylic acids is 1. The van der Waals surface area contributed by atoms with Crippen LogP contribution in [-0.4, -0.2) is 48.3 Å². The van der Waals surface area contributed by atoms with Crippen molar-refractivity contribution in [3.63, 3.8) is 0 Å². The van der Waals surface area contributed by atoms with Crippen molar-refractivity contribution in [3.05, 3.63) is 17.8 Å². The van der Waals surface area contributed by atoms with Gasteiger partial charge in [0.2, 0.25) is 0 Å². The maximum atomic E-state index is 12.1. The number of carbonyl (C=O) groups is 1. The maximum Gasteiger partial charge on any atom is 0.272 e. The first-order valence-corrected chi connectivity index (χ1v) is 7.43. The van der Waals surface area contributed by atoms with Crippen molar-refractivity contribution < 1.29 is 4.79 Å². The van der Waals surface area contributed by atoms with E-state index in [-0.39, 0.29) is 36.8 Å². The fourth-order valence-electron chi connectivity index (χ4n) is 2.80. The number of hydrogen-bond donors (Lipinski definition) is 2. The van der Waals surface area contributed by atoms with Gasteiger partial charge < -0.3 is 15.5 Å². The summed E-state index contributed by atoms with van der Waals surface area (Å²) in [6.45, 7) is 3.95. The first-order valence-electron chi connectivity index (χ1n) is 7.43. The van der Waals surface area contributed by atoms with Crippen molar-refractivity contribution in [2.45, 2.75) is 31.7 Å². The van der Waals surface area contributed by atoms with Gasteiger partial charge in [-0.2, -0.15) is 0 Å². The summed E-state index contributed by atoms with van der Waals surface area (Å²) < 4.78 is 0. The molecule has 3 rings (SSSR count). The molecule has 6 nitrogen and oxygen atoms in total. The third-order valence-electron chi connectivity index (χ3n) is 3.95. The van der Waals surface area contributed by atoms with Gasteiger partial charge in [0.1, 0.15) is 0 Å². The van der Waals surface area contributed by atoms with E-state index in [4.69, 9.17) is 0 Å². The molecule has 0 saturated carbocycles. The molecule has 2 fully saturated rings. The highest BCUT2D eigenvalue weighted by Gasteiger charge is 2.18. The predicted octanol–water partition coefficient (Wildman–Crippen LogP) is 1.40. The summed E-state index contributed by atoms with van der Waals surface area (Å²) in [6, 6.07) is 3.87. The Morgan fingerprint density at radius 1 is 1.18 bits per heavy atom. The van der Waals surface area contributed by atoms with Crippen molar-refractivity contribution >= 4 is 36.5 Å². The molecule has 2 aliphatic heterocycles. The molecular weight excluding hydrogens is 325 g/mol. The first kappa shape index (κ1) is 18.9. The molecule has 2 saturated heterocycles. The molecule has 1 unspecified atom stereocenters. The molecule has 124 valence electrons. The molecule has 0 spiro atoms. The topological polar surface area (TPSA) is 70.2 Å². The Labute approximate surface area is 143 Å². The molecule has 0 bridgehead atoms. The van der Waals surface area contributed by atoms with Gasteiger partial charge >= 0.3 is 0 Å². The highest BCUT2D eigenvalue weighted by atomic mass is 35.5. The number of nitrogens with one attached hydrogen (secondary N) is 2. The lowest BCUT2D eigenvalue weighted by atomic mass is 10.1. The van der Waals surface area contributed by atoms with Gasteiger partial charge in [0, 0.05) is 25.7 Å². The van der Waals surface area contributed by atoms with E-state index >= 15 is 0 Å². The Hall–Kier alpha value is -1.11. The van der Waals surface area contributed by atoms with E-state index < -0.39 is 0 Å². The summed E-state index contributed by atoms with van der Waals surface area (Å²) in [5.74, 6) is 0.748. The van der Waals surface area contributed by atoms with Crippen LogP contribution < -0.4 is 15.5 Å². The minimum absolute atomic E-state index is 0. The van der Waals surface area contributed by atoms with Gasteiger partial charge in [-0.3, -0.25) is 4.79 Å². The summed E-state index contributed by atoms with van der Waals surface area (Å²) in [5.41, 5.74) is 0.401. The van der Waals surface area contributed by atoms with Crippen LogP contribution in [0.15, 0.2) is 12.1 Å². The van der Waals surface area contributed by atoms with Crippen LogP contribution in [-0.2, 0) is 0 Å². The zero-order chi connectivity index (χ0) is 13.8. The lowest BCUT2D eigenvalue weighted by molar-refractivity contribution is 0.0924. The van der Waals surface area contributed by atoms with Gasteiger partial charge in [-0.1, -0.05) is 0 Å². The third-order valence-corrected chi connectivity index (χ3v) is 3.95. The Kier molecular flexibility index (Phi) is 7.85. The summed E-state index contributed by atoms with van der Waals surface area (Å²) in [5, 5.41) is 14.5. The van der Waals surface area contributed by atoms with E-state index in [0.29, 0.717) is 5.69 Å². The minimum Gasteiger partial charge on any atom is -0.355 e. The molecule has 0 radical (unpaired) electrons. The number of hydrogen-bond acceptors (Lipinski definition) is 5. The average molecular weight is 348 g/mol. The number of rotatable bonds is 3. The number of nitrogens with zero attached hydrogens (tertiary/aromatic N) is 3. The molecule has 3 heterocycles. The second kappa shape index (κ2) is 9.12. The second-order valence-electron chi connectivity index (χ2n) is 5.49. The second-order valence-corrected chi connectivity index (χ2v) is 5.49. The monoisotopic (exact) mass is 347 g/mol. The van der Waals surface area contributed by atoms with Gasteiger partial charge in [0.25, 0.3) is 5.91 Å². The highest BCUT2D eigenvalue weighted by Crippen LogP contribution is 2.16. The summed E-state index contributed by atoms with van der Waals surface area (Å²) in [6.07, 6.45) is 4.54. The lowest BCUT2D eigenvalue weighted by Crippen LogP contribution is -2.45. The average Bonchev–Trinajstić information content (AvgIpc) is 3.03. The summed E-state index contributed by atoms with van der Waals surface area (Å²) >= 11 is 0. The fourth-order valence-corrected chi connectivity index (χ4v) is 2.80. The first-order chi connectivity index (χ1) is 9.83. The quantitative estimate of drug-likeness (QED) is 0.864. The van der Waals surface area contributed by atoms with E-state index in [1.807, 2.05) is 6.07 Å². The minimum atomic E-state index is -0.126. The third kappa shape index (κ3) is 4.69. The normalized spacial score (nSPS) is 20.7. The van der Waals surface area contributed by atoms with Crippen LogP contribution in [0.5, 0.6) is 0 Å².